The number of hydrogen-bond acceptors (Lipinski definition) is 3. The molecule has 0 spiro atoms. The molecule has 1 amide bonds. The summed E-state index contributed by atoms with van der Waals surface area (Å²) in [6, 6.07) is 16.3. The number of ketones is 1. The normalized spacial score (nSPS) is 19.6. The van der Waals surface area contributed by atoms with Crippen LogP contribution in [0.5, 0.6) is 0 Å². The maximum absolute atomic E-state index is 12.7. The van der Waals surface area contributed by atoms with E-state index in [1.165, 1.54) is 5.56 Å². The molecule has 1 saturated heterocycles. The molecule has 1 fully saturated rings. The maximum atomic E-state index is 12.7. The van der Waals surface area contributed by atoms with Crippen molar-refractivity contribution >= 4 is 17.4 Å². The molecule has 0 N–H and O–H groups in total. The summed E-state index contributed by atoms with van der Waals surface area (Å²) >= 11 is 0. The highest BCUT2D eigenvalue weighted by atomic mass is 16.2. The molecule has 2 aromatic carbocycles. The summed E-state index contributed by atoms with van der Waals surface area (Å²) in [6.07, 6.45) is 1.94. The van der Waals surface area contributed by atoms with Gasteiger partial charge >= 0.3 is 0 Å². The van der Waals surface area contributed by atoms with Gasteiger partial charge in [0, 0.05) is 31.3 Å². The average molecular weight is 348 g/mol. The Bertz CT molecular complexity index is 831. The van der Waals surface area contributed by atoms with E-state index in [1.807, 2.05) is 24.3 Å². The number of nitrogens with zero attached hydrogens (tertiary/aromatic N) is 2. The monoisotopic (exact) mass is 348 g/mol. The number of Topliss-reactive ketones (excluding diaryl/α,β-unsaturated/α-hetero) is 1. The Balaban J connectivity index is 1.41. The number of carbonyl (C=O) groups is 2. The highest BCUT2D eigenvalue weighted by Gasteiger charge is 2.27. The van der Waals surface area contributed by atoms with Crippen molar-refractivity contribution in [3.8, 4) is 0 Å². The van der Waals surface area contributed by atoms with E-state index in [0.717, 1.165) is 42.7 Å². The zero-order valence-electron chi connectivity index (χ0n) is 15.1. The van der Waals surface area contributed by atoms with Gasteiger partial charge in [-0.3, -0.25) is 14.5 Å². The lowest BCUT2D eigenvalue weighted by Gasteiger charge is -2.17. The topological polar surface area (TPSA) is 40.6 Å². The van der Waals surface area contributed by atoms with Gasteiger partial charge in [0.2, 0.25) is 5.91 Å². The highest BCUT2D eigenvalue weighted by molar-refractivity contribution is 6.00. The van der Waals surface area contributed by atoms with Crippen molar-refractivity contribution in [2.45, 2.75) is 25.7 Å². The van der Waals surface area contributed by atoms with Gasteiger partial charge in [0.25, 0.3) is 0 Å². The van der Waals surface area contributed by atoms with Crippen LogP contribution in [0.3, 0.4) is 0 Å². The fraction of sp³-hybridized carbons (Fsp3) is 0.364. The van der Waals surface area contributed by atoms with Gasteiger partial charge in [-0.25, -0.2) is 0 Å². The molecule has 2 aromatic rings. The number of carbonyl (C=O) groups excluding carboxylic acids is 2. The van der Waals surface area contributed by atoms with E-state index in [9.17, 15) is 9.59 Å². The SMILES string of the molecule is CC(=O)N1CCc2cc(C(=O)CN3CCC(c4ccccc4)C3)ccc21. The van der Waals surface area contributed by atoms with E-state index in [-0.39, 0.29) is 11.7 Å². The van der Waals surface area contributed by atoms with E-state index in [1.54, 1.807) is 11.8 Å². The van der Waals surface area contributed by atoms with E-state index >= 15 is 0 Å². The van der Waals surface area contributed by atoms with Crippen LogP contribution in [-0.2, 0) is 11.2 Å². The summed E-state index contributed by atoms with van der Waals surface area (Å²) in [5.41, 5.74) is 4.19. The minimum Gasteiger partial charge on any atom is -0.312 e. The smallest absolute Gasteiger partial charge is 0.223 e. The fourth-order valence-corrected chi connectivity index (χ4v) is 4.17. The third kappa shape index (κ3) is 3.29. The van der Waals surface area contributed by atoms with Gasteiger partial charge in [-0.05, 0) is 54.6 Å². The van der Waals surface area contributed by atoms with Crippen LogP contribution >= 0.6 is 0 Å². The molecule has 2 heterocycles. The van der Waals surface area contributed by atoms with Crippen LogP contribution < -0.4 is 4.90 Å². The van der Waals surface area contributed by atoms with Crippen LogP contribution in [0.2, 0.25) is 0 Å². The van der Waals surface area contributed by atoms with Crippen molar-refractivity contribution in [3.05, 3.63) is 65.2 Å². The Labute approximate surface area is 154 Å². The van der Waals surface area contributed by atoms with Crippen LogP contribution in [0.15, 0.2) is 48.5 Å². The van der Waals surface area contributed by atoms with Gasteiger partial charge in [0.05, 0.1) is 6.54 Å². The Kier molecular flexibility index (Phi) is 4.60. The first-order valence-electron chi connectivity index (χ1n) is 9.33. The van der Waals surface area contributed by atoms with Crippen LogP contribution in [0.1, 0.15) is 40.7 Å². The lowest BCUT2D eigenvalue weighted by atomic mass is 9.99. The van der Waals surface area contributed by atoms with Gasteiger partial charge in [0.1, 0.15) is 0 Å². The Morgan fingerprint density at radius 1 is 1.08 bits per heavy atom. The van der Waals surface area contributed by atoms with Crippen LogP contribution in [-0.4, -0.2) is 42.8 Å². The summed E-state index contributed by atoms with van der Waals surface area (Å²) in [6.45, 7) is 4.68. The molecule has 0 aromatic heterocycles. The van der Waals surface area contributed by atoms with Crippen LogP contribution in [0.25, 0.3) is 0 Å². The lowest BCUT2D eigenvalue weighted by Crippen LogP contribution is -2.28. The molecule has 2 aliphatic heterocycles. The summed E-state index contributed by atoms with van der Waals surface area (Å²) < 4.78 is 0. The van der Waals surface area contributed by atoms with Crippen molar-refractivity contribution in [2.24, 2.45) is 0 Å². The predicted molar refractivity (Wildman–Crippen MR) is 103 cm³/mol. The van der Waals surface area contributed by atoms with Crippen LogP contribution in [0.4, 0.5) is 5.69 Å². The Hall–Kier alpha value is -2.46. The first kappa shape index (κ1) is 17.0. The molecule has 4 heteroatoms. The molecule has 0 bridgehead atoms. The zero-order chi connectivity index (χ0) is 18.1. The number of fused-ring (bicyclic) bond motifs is 1. The third-order valence-electron chi connectivity index (χ3n) is 5.59. The van der Waals surface area contributed by atoms with Crippen molar-refractivity contribution in [1.82, 2.24) is 4.90 Å². The minimum atomic E-state index is 0.0619. The molecule has 0 radical (unpaired) electrons. The third-order valence-corrected chi connectivity index (χ3v) is 5.59. The second-order valence-electron chi connectivity index (χ2n) is 7.32. The molecule has 134 valence electrons. The number of rotatable bonds is 4. The summed E-state index contributed by atoms with van der Waals surface area (Å²) in [7, 11) is 0. The van der Waals surface area contributed by atoms with Gasteiger partial charge in [-0.15, -0.1) is 0 Å². The molecule has 4 rings (SSSR count). The van der Waals surface area contributed by atoms with Crippen molar-refractivity contribution in [1.29, 1.82) is 0 Å². The van der Waals surface area contributed by atoms with E-state index < -0.39 is 0 Å². The molecule has 1 atom stereocenters. The molecular formula is C22H24N2O2. The number of amides is 1. The molecule has 0 aliphatic carbocycles. The first-order chi connectivity index (χ1) is 12.6. The van der Waals surface area contributed by atoms with Gasteiger partial charge in [-0.1, -0.05) is 30.3 Å². The predicted octanol–water partition coefficient (Wildman–Crippen LogP) is 3.27. The molecule has 4 nitrogen and oxygen atoms in total. The lowest BCUT2D eigenvalue weighted by molar-refractivity contribution is -0.116. The Morgan fingerprint density at radius 2 is 1.88 bits per heavy atom. The maximum Gasteiger partial charge on any atom is 0.223 e. The summed E-state index contributed by atoms with van der Waals surface area (Å²) in [4.78, 5) is 28.4. The first-order valence-corrected chi connectivity index (χ1v) is 9.33. The highest BCUT2D eigenvalue weighted by Crippen LogP contribution is 2.30. The number of hydrogen-bond donors (Lipinski definition) is 0. The largest absolute Gasteiger partial charge is 0.312 e. The van der Waals surface area contributed by atoms with E-state index in [4.69, 9.17) is 0 Å². The molecule has 1 unspecified atom stereocenters. The standard InChI is InChI=1S/C22H24N2O2/c1-16(25)24-12-10-18-13-19(7-8-21(18)24)22(26)15-23-11-9-20(14-23)17-5-3-2-4-6-17/h2-8,13,20H,9-12,14-15H2,1H3. The summed E-state index contributed by atoms with van der Waals surface area (Å²) in [5, 5.41) is 0. The molecular weight excluding hydrogens is 324 g/mol. The molecule has 2 aliphatic rings. The number of benzene rings is 2. The van der Waals surface area contributed by atoms with Crippen LogP contribution in [0, 0.1) is 0 Å². The minimum absolute atomic E-state index is 0.0619. The number of likely N-dealkylation sites (tertiary alicyclic amines) is 1. The number of anilines is 1. The van der Waals surface area contributed by atoms with Gasteiger partial charge in [-0.2, -0.15) is 0 Å². The zero-order valence-corrected chi connectivity index (χ0v) is 15.1. The molecule has 26 heavy (non-hydrogen) atoms. The molecule has 0 saturated carbocycles. The van der Waals surface area contributed by atoms with Gasteiger partial charge in [0.15, 0.2) is 5.78 Å². The summed E-state index contributed by atoms with van der Waals surface area (Å²) in [5.74, 6) is 0.753. The average Bonchev–Trinajstić information content (AvgIpc) is 3.28. The Morgan fingerprint density at radius 3 is 2.65 bits per heavy atom. The van der Waals surface area contributed by atoms with E-state index in [0.29, 0.717) is 19.0 Å². The van der Waals surface area contributed by atoms with Crippen molar-refractivity contribution < 1.29 is 9.59 Å². The van der Waals surface area contributed by atoms with Crippen molar-refractivity contribution in [2.75, 3.05) is 31.1 Å². The fourth-order valence-electron chi connectivity index (χ4n) is 4.17. The van der Waals surface area contributed by atoms with E-state index in [2.05, 4.69) is 29.2 Å². The van der Waals surface area contributed by atoms with Crippen molar-refractivity contribution in [3.63, 3.8) is 0 Å². The second-order valence-corrected chi connectivity index (χ2v) is 7.32. The quantitative estimate of drug-likeness (QED) is 0.796. The van der Waals surface area contributed by atoms with Gasteiger partial charge < -0.3 is 4.90 Å². The second kappa shape index (κ2) is 7.04.